The summed E-state index contributed by atoms with van der Waals surface area (Å²) >= 11 is 5.16. The zero-order valence-corrected chi connectivity index (χ0v) is 9.41. The number of para-hydroxylation sites is 1. The summed E-state index contributed by atoms with van der Waals surface area (Å²) in [7, 11) is 0. The third kappa shape index (κ3) is 2.77. The number of hydrogen-bond donors (Lipinski definition) is 1. The molecule has 0 aliphatic rings. The molecule has 0 saturated heterocycles. The van der Waals surface area contributed by atoms with Crippen LogP contribution in [0.5, 0.6) is 0 Å². The number of rotatable bonds is 1. The van der Waals surface area contributed by atoms with E-state index in [4.69, 9.17) is 12.2 Å². The first kappa shape index (κ1) is 11.1. The Bertz CT molecular complexity index is 341. The Morgan fingerprint density at radius 3 is 2.36 bits per heavy atom. The highest BCUT2D eigenvalue weighted by molar-refractivity contribution is 7.80. The van der Waals surface area contributed by atoms with Crippen molar-refractivity contribution in [2.45, 2.75) is 20.8 Å². The van der Waals surface area contributed by atoms with Crippen molar-refractivity contribution in [2.75, 3.05) is 5.32 Å². The average Bonchev–Trinajstić information content (AvgIpc) is 2.07. The molecule has 0 spiro atoms. The molecule has 0 aliphatic heterocycles. The first-order chi connectivity index (χ1) is 6.41. The Kier molecular flexibility index (Phi) is 3.21. The van der Waals surface area contributed by atoms with Crippen LogP contribution >= 0.6 is 12.2 Å². The number of thiocarbonyl (C=S) groups is 1. The number of hydrogen-bond acceptors (Lipinski definition) is 1. The van der Waals surface area contributed by atoms with Crippen molar-refractivity contribution in [3.8, 4) is 0 Å². The van der Waals surface area contributed by atoms with Crippen LogP contribution in [0.15, 0.2) is 24.3 Å². The van der Waals surface area contributed by atoms with E-state index in [0.29, 0.717) is 10.7 Å². The van der Waals surface area contributed by atoms with Crippen molar-refractivity contribution >= 4 is 22.9 Å². The van der Waals surface area contributed by atoms with E-state index in [9.17, 15) is 4.39 Å². The fraction of sp³-hybridized carbons (Fsp3) is 0.364. The Morgan fingerprint density at radius 2 is 1.86 bits per heavy atom. The van der Waals surface area contributed by atoms with Crippen molar-refractivity contribution < 1.29 is 4.39 Å². The maximum absolute atomic E-state index is 13.2. The van der Waals surface area contributed by atoms with Crippen LogP contribution in [-0.2, 0) is 0 Å². The van der Waals surface area contributed by atoms with Crippen molar-refractivity contribution in [1.29, 1.82) is 0 Å². The van der Waals surface area contributed by atoms with Crippen LogP contribution < -0.4 is 5.32 Å². The summed E-state index contributed by atoms with van der Waals surface area (Å²) < 4.78 is 13.2. The molecule has 3 heteroatoms. The molecule has 0 heterocycles. The summed E-state index contributed by atoms with van der Waals surface area (Å²) in [5, 5.41) is 2.91. The van der Waals surface area contributed by atoms with Crippen LogP contribution in [-0.4, -0.2) is 4.99 Å². The van der Waals surface area contributed by atoms with Crippen LogP contribution in [0.3, 0.4) is 0 Å². The standard InChI is InChI=1S/C11H14FNS/c1-11(2,3)10(14)13-9-7-5-4-6-8(9)12/h4-7H,1-3H3,(H,13,14). The lowest BCUT2D eigenvalue weighted by molar-refractivity contribution is 0.597. The lowest BCUT2D eigenvalue weighted by atomic mass is 9.96. The van der Waals surface area contributed by atoms with Gasteiger partial charge in [0.05, 0.1) is 10.7 Å². The highest BCUT2D eigenvalue weighted by atomic mass is 32.1. The first-order valence-corrected chi connectivity index (χ1v) is 4.88. The molecular formula is C11H14FNS. The third-order valence-electron chi connectivity index (χ3n) is 1.80. The fourth-order valence-electron chi connectivity index (χ4n) is 0.872. The Morgan fingerprint density at radius 1 is 1.29 bits per heavy atom. The zero-order valence-electron chi connectivity index (χ0n) is 8.60. The number of nitrogens with one attached hydrogen (secondary N) is 1. The van der Waals surface area contributed by atoms with Gasteiger partial charge in [-0.1, -0.05) is 45.1 Å². The van der Waals surface area contributed by atoms with Gasteiger partial charge in [0.1, 0.15) is 5.82 Å². The van der Waals surface area contributed by atoms with E-state index in [1.165, 1.54) is 6.07 Å². The molecule has 0 amide bonds. The van der Waals surface area contributed by atoms with Crippen molar-refractivity contribution in [2.24, 2.45) is 5.41 Å². The number of halogens is 1. The predicted molar refractivity (Wildman–Crippen MR) is 62.1 cm³/mol. The average molecular weight is 211 g/mol. The molecule has 0 aliphatic carbocycles. The van der Waals surface area contributed by atoms with E-state index < -0.39 is 0 Å². The predicted octanol–water partition coefficient (Wildman–Crippen LogP) is 3.61. The van der Waals surface area contributed by atoms with E-state index in [-0.39, 0.29) is 11.2 Å². The highest BCUT2D eigenvalue weighted by Gasteiger charge is 2.17. The summed E-state index contributed by atoms with van der Waals surface area (Å²) in [5.74, 6) is -0.279. The summed E-state index contributed by atoms with van der Waals surface area (Å²) in [5.41, 5.74) is 0.296. The van der Waals surface area contributed by atoms with Gasteiger partial charge in [-0.05, 0) is 12.1 Å². The summed E-state index contributed by atoms with van der Waals surface area (Å²) in [4.78, 5) is 0.641. The Balaban J connectivity index is 2.80. The maximum Gasteiger partial charge on any atom is 0.146 e. The Labute approximate surface area is 89.3 Å². The van der Waals surface area contributed by atoms with E-state index in [2.05, 4.69) is 5.32 Å². The van der Waals surface area contributed by atoms with Gasteiger partial charge in [-0.25, -0.2) is 4.39 Å². The summed E-state index contributed by atoms with van der Waals surface area (Å²) in [6.45, 7) is 5.97. The van der Waals surface area contributed by atoms with Gasteiger partial charge in [0.15, 0.2) is 0 Å². The second-order valence-electron chi connectivity index (χ2n) is 4.18. The van der Waals surface area contributed by atoms with Crippen LogP contribution in [0.1, 0.15) is 20.8 Å². The monoisotopic (exact) mass is 211 g/mol. The molecule has 1 N–H and O–H groups in total. The van der Waals surface area contributed by atoms with Gasteiger partial charge in [-0.2, -0.15) is 0 Å². The minimum atomic E-state index is -0.279. The second-order valence-corrected chi connectivity index (χ2v) is 4.59. The summed E-state index contributed by atoms with van der Waals surface area (Å²) in [6, 6.07) is 6.51. The SMILES string of the molecule is CC(C)(C)C(=S)Nc1ccccc1F. The molecule has 14 heavy (non-hydrogen) atoms. The minimum absolute atomic E-state index is 0.141. The molecule has 1 aromatic carbocycles. The van der Waals surface area contributed by atoms with Gasteiger partial charge < -0.3 is 5.32 Å². The lowest BCUT2D eigenvalue weighted by Gasteiger charge is -2.21. The molecule has 1 aromatic rings. The smallest absolute Gasteiger partial charge is 0.146 e. The van der Waals surface area contributed by atoms with Crippen molar-refractivity contribution in [3.05, 3.63) is 30.1 Å². The molecule has 0 saturated carbocycles. The molecule has 76 valence electrons. The fourth-order valence-corrected chi connectivity index (χ4v) is 0.982. The van der Waals surface area contributed by atoms with E-state index >= 15 is 0 Å². The number of anilines is 1. The van der Waals surface area contributed by atoms with Gasteiger partial charge in [-0.3, -0.25) is 0 Å². The minimum Gasteiger partial charge on any atom is -0.347 e. The topological polar surface area (TPSA) is 12.0 Å². The van der Waals surface area contributed by atoms with Crippen molar-refractivity contribution in [3.63, 3.8) is 0 Å². The van der Waals surface area contributed by atoms with Crippen LogP contribution in [0.4, 0.5) is 10.1 Å². The molecule has 0 unspecified atom stereocenters. The third-order valence-corrected chi connectivity index (χ3v) is 2.52. The van der Waals surface area contributed by atoms with E-state index in [1.54, 1.807) is 18.2 Å². The van der Waals surface area contributed by atoms with Gasteiger partial charge in [-0.15, -0.1) is 0 Å². The molecule has 0 atom stereocenters. The molecular weight excluding hydrogens is 197 g/mol. The molecule has 0 bridgehead atoms. The van der Waals surface area contributed by atoms with Crippen LogP contribution in [0.25, 0.3) is 0 Å². The molecule has 1 nitrogen and oxygen atoms in total. The zero-order chi connectivity index (χ0) is 10.8. The first-order valence-electron chi connectivity index (χ1n) is 4.47. The molecule has 0 fully saturated rings. The van der Waals surface area contributed by atoms with Gasteiger partial charge >= 0.3 is 0 Å². The van der Waals surface area contributed by atoms with Gasteiger partial charge in [0, 0.05) is 5.41 Å². The quantitative estimate of drug-likeness (QED) is 0.712. The van der Waals surface area contributed by atoms with Gasteiger partial charge in [0.2, 0.25) is 0 Å². The van der Waals surface area contributed by atoms with Crippen LogP contribution in [0.2, 0.25) is 0 Å². The largest absolute Gasteiger partial charge is 0.347 e. The van der Waals surface area contributed by atoms with Crippen LogP contribution in [0, 0.1) is 11.2 Å². The highest BCUT2D eigenvalue weighted by Crippen LogP contribution is 2.20. The van der Waals surface area contributed by atoms with E-state index in [1.807, 2.05) is 20.8 Å². The van der Waals surface area contributed by atoms with Crippen molar-refractivity contribution in [1.82, 2.24) is 0 Å². The normalized spacial score (nSPS) is 11.1. The summed E-state index contributed by atoms with van der Waals surface area (Å²) in [6.07, 6.45) is 0. The second kappa shape index (κ2) is 4.05. The Hall–Kier alpha value is -0.960. The van der Waals surface area contributed by atoms with E-state index in [0.717, 1.165) is 0 Å². The van der Waals surface area contributed by atoms with Gasteiger partial charge in [0.25, 0.3) is 0 Å². The molecule has 0 aromatic heterocycles. The lowest BCUT2D eigenvalue weighted by Crippen LogP contribution is -2.26. The maximum atomic E-state index is 13.2. The molecule has 0 radical (unpaired) electrons. The molecule has 1 rings (SSSR count). The number of benzene rings is 1.